The Morgan fingerprint density at radius 3 is 3.06 bits per heavy atom. The molecule has 1 aliphatic rings. The summed E-state index contributed by atoms with van der Waals surface area (Å²) in [7, 11) is 0. The van der Waals surface area contributed by atoms with Gasteiger partial charge in [-0.25, -0.2) is 0 Å². The van der Waals surface area contributed by atoms with Gasteiger partial charge >= 0.3 is 0 Å². The van der Waals surface area contributed by atoms with Gasteiger partial charge < -0.3 is 15.4 Å². The van der Waals surface area contributed by atoms with E-state index in [2.05, 4.69) is 4.90 Å². The van der Waals surface area contributed by atoms with Crippen molar-refractivity contribution in [1.29, 1.82) is 0 Å². The molecule has 4 heteroatoms. The largest absolute Gasteiger partial charge is 0.397 e. The number of nitrogens with zero attached hydrogens (tertiary/aromatic N) is 1. The van der Waals surface area contributed by atoms with E-state index in [-0.39, 0.29) is 0 Å². The molecule has 17 heavy (non-hydrogen) atoms. The minimum Gasteiger partial charge on any atom is -0.397 e. The summed E-state index contributed by atoms with van der Waals surface area (Å²) in [5.74, 6) is 0. The van der Waals surface area contributed by atoms with Crippen molar-refractivity contribution in [1.82, 2.24) is 0 Å². The second kappa shape index (κ2) is 5.61. The zero-order valence-electron chi connectivity index (χ0n) is 10.2. The van der Waals surface area contributed by atoms with Gasteiger partial charge in [0, 0.05) is 24.7 Å². The van der Waals surface area contributed by atoms with Gasteiger partial charge in [-0.1, -0.05) is 11.6 Å². The third-order valence-corrected chi connectivity index (χ3v) is 3.35. The van der Waals surface area contributed by atoms with Crippen LogP contribution in [0, 0.1) is 0 Å². The summed E-state index contributed by atoms with van der Waals surface area (Å²) in [5.41, 5.74) is 7.82. The molecule has 0 radical (unpaired) electrons. The zero-order valence-corrected chi connectivity index (χ0v) is 10.9. The zero-order chi connectivity index (χ0) is 12.3. The molecule has 0 aromatic heterocycles. The monoisotopic (exact) mass is 254 g/mol. The number of nitrogens with two attached hydrogens (primary N) is 1. The van der Waals surface area contributed by atoms with Crippen molar-refractivity contribution in [3.05, 3.63) is 23.2 Å². The van der Waals surface area contributed by atoms with Gasteiger partial charge in [0.05, 0.1) is 17.5 Å². The number of rotatable bonds is 3. The lowest BCUT2D eigenvalue weighted by atomic mass is 10.1. The molecule has 0 amide bonds. The van der Waals surface area contributed by atoms with Gasteiger partial charge in [-0.05, 0) is 38.0 Å². The van der Waals surface area contributed by atoms with Crippen LogP contribution in [0.4, 0.5) is 11.4 Å². The summed E-state index contributed by atoms with van der Waals surface area (Å²) in [5, 5.41) is 0.685. The van der Waals surface area contributed by atoms with E-state index < -0.39 is 0 Å². The van der Waals surface area contributed by atoms with Crippen molar-refractivity contribution in [3.63, 3.8) is 0 Å². The Kier molecular flexibility index (Phi) is 4.13. The fraction of sp³-hybridized carbons (Fsp3) is 0.538. The molecular weight excluding hydrogens is 236 g/mol. The molecule has 0 bridgehead atoms. The minimum atomic E-state index is 0.323. The fourth-order valence-corrected chi connectivity index (χ4v) is 2.52. The van der Waals surface area contributed by atoms with E-state index in [9.17, 15) is 0 Å². The number of halogens is 1. The SMILES string of the molecule is CCOC1CCCN(c2ccc(Cl)cc2N)C1. The summed E-state index contributed by atoms with van der Waals surface area (Å²) in [6, 6.07) is 5.69. The smallest absolute Gasteiger partial charge is 0.0750 e. The van der Waals surface area contributed by atoms with E-state index in [1.165, 1.54) is 0 Å². The predicted molar refractivity (Wildman–Crippen MR) is 72.7 cm³/mol. The average molecular weight is 255 g/mol. The Labute approximate surface area is 107 Å². The molecule has 1 aliphatic heterocycles. The third-order valence-electron chi connectivity index (χ3n) is 3.11. The van der Waals surface area contributed by atoms with Crippen LogP contribution in [0.5, 0.6) is 0 Å². The minimum absolute atomic E-state index is 0.323. The maximum Gasteiger partial charge on any atom is 0.0750 e. The molecule has 1 aromatic carbocycles. The molecule has 2 rings (SSSR count). The first-order chi connectivity index (χ1) is 8.20. The highest BCUT2D eigenvalue weighted by Gasteiger charge is 2.21. The molecule has 1 aromatic rings. The van der Waals surface area contributed by atoms with Crippen LogP contribution >= 0.6 is 11.6 Å². The number of hydrogen-bond donors (Lipinski definition) is 1. The summed E-state index contributed by atoms with van der Waals surface area (Å²) < 4.78 is 5.69. The first-order valence-corrected chi connectivity index (χ1v) is 6.50. The molecule has 1 fully saturated rings. The predicted octanol–water partition coefficient (Wildman–Crippen LogP) is 2.93. The first-order valence-electron chi connectivity index (χ1n) is 6.12. The van der Waals surface area contributed by atoms with Crippen LogP contribution in [-0.4, -0.2) is 25.8 Å². The number of anilines is 2. The lowest BCUT2D eigenvalue weighted by Gasteiger charge is -2.34. The summed E-state index contributed by atoms with van der Waals surface area (Å²) in [6.07, 6.45) is 2.61. The Balaban J connectivity index is 2.10. The highest BCUT2D eigenvalue weighted by atomic mass is 35.5. The maximum absolute atomic E-state index is 6.00. The normalized spacial score (nSPS) is 20.6. The van der Waals surface area contributed by atoms with E-state index >= 15 is 0 Å². The number of ether oxygens (including phenoxy) is 1. The Bertz CT molecular complexity index is 382. The van der Waals surface area contributed by atoms with E-state index in [1.807, 2.05) is 19.1 Å². The van der Waals surface area contributed by atoms with Gasteiger partial charge in [0.15, 0.2) is 0 Å². The highest BCUT2D eigenvalue weighted by molar-refractivity contribution is 6.31. The van der Waals surface area contributed by atoms with Gasteiger partial charge in [-0.3, -0.25) is 0 Å². The Hall–Kier alpha value is -0.930. The van der Waals surface area contributed by atoms with Gasteiger partial charge in [-0.15, -0.1) is 0 Å². The summed E-state index contributed by atoms with van der Waals surface area (Å²) in [4.78, 5) is 2.29. The average Bonchev–Trinajstić information content (AvgIpc) is 2.29. The maximum atomic E-state index is 6.00. The molecule has 1 heterocycles. The van der Waals surface area contributed by atoms with Crippen LogP contribution in [0.1, 0.15) is 19.8 Å². The van der Waals surface area contributed by atoms with E-state index in [0.29, 0.717) is 11.1 Å². The molecule has 94 valence electrons. The van der Waals surface area contributed by atoms with E-state index in [4.69, 9.17) is 22.1 Å². The van der Waals surface area contributed by atoms with Crippen LogP contribution < -0.4 is 10.6 Å². The van der Waals surface area contributed by atoms with Crippen molar-refractivity contribution in [2.75, 3.05) is 30.3 Å². The lowest BCUT2D eigenvalue weighted by Crippen LogP contribution is -2.40. The highest BCUT2D eigenvalue weighted by Crippen LogP contribution is 2.29. The number of piperidine rings is 1. The van der Waals surface area contributed by atoms with Crippen LogP contribution in [0.15, 0.2) is 18.2 Å². The topological polar surface area (TPSA) is 38.5 Å². The second-order valence-electron chi connectivity index (χ2n) is 4.37. The summed E-state index contributed by atoms with van der Waals surface area (Å²) in [6.45, 7) is 4.76. The molecule has 3 nitrogen and oxygen atoms in total. The molecule has 2 N–H and O–H groups in total. The van der Waals surface area contributed by atoms with Crippen molar-refractivity contribution >= 4 is 23.0 Å². The van der Waals surface area contributed by atoms with Crippen LogP contribution in [0.2, 0.25) is 5.02 Å². The standard InChI is InChI=1S/C13H19ClN2O/c1-2-17-11-4-3-7-16(9-11)13-6-5-10(14)8-12(13)15/h5-6,8,11H,2-4,7,9,15H2,1H3. The van der Waals surface area contributed by atoms with Gasteiger partial charge in [0.1, 0.15) is 0 Å². The molecule has 1 unspecified atom stereocenters. The van der Waals surface area contributed by atoms with Gasteiger partial charge in [0.25, 0.3) is 0 Å². The summed E-state index contributed by atoms with van der Waals surface area (Å²) >= 11 is 5.91. The first kappa shape index (κ1) is 12.5. The van der Waals surface area contributed by atoms with Crippen molar-refractivity contribution in [3.8, 4) is 0 Å². The van der Waals surface area contributed by atoms with Gasteiger partial charge in [0.2, 0.25) is 0 Å². The molecule has 0 spiro atoms. The van der Waals surface area contributed by atoms with Crippen molar-refractivity contribution in [2.45, 2.75) is 25.9 Å². The number of hydrogen-bond acceptors (Lipinski definition) is 3. The number of benzene rings is 1. The molecule has 0 aliphatic carbocycles. The molecule has 0 saturated carbocycles. The fourth-order valence-electron chi connectivity index (χ4n) is 2.34. The molecule has 1 saturated heterocycles. The number of nitrogen functional groups attached to an aromatic ring is 1. The van der Waals surface area contributed by atoms with Crippen LogP contribution in [0.3, 0.4) is 0 Å². The second-order valence-corrected chi connectivity index (χ2v) is 4.81. The molecular formula is C13H19ClN2O. The van der Waals surface area contributed by atoms with Crippen LogP contribution in [-0.2, 0) is 4.74 Å². The van der Waals surface area contributed by atoms with Crippen molar-refractivity contribution < 1.29 is 4.74 Å². The van der Waals surface area contributed by atoms with Crippen LogP contribution in [0.25, 0.3) is 0 Å². The van der Waals surface area contributed by atoms with E-state index in [1.54, 1.807) is 6.07 Å². The Morgan fingerprint density at radius 1 is 1.53 bits per heavy atom. The van der Waals surface area contributed by atoms with E-state index in [0.717, 1.165) is 43.9 Å². The van der Waals surface area contributed by atoms with Gasteiger partial charge in [-0.2, -0.15) is 0 Å². The lowest BCUT2D eigenvalue weighted by molar-refractivity contribution is 0.0527. The van der Waals surface area contributed by atoms with Crippen molar-refractivity contribution in [2.24, 2.45) is 0 Å². The quantitative estimate of drug-likeness (QED) is 0.843. The molecule has 1 atom stereocenters. The Morgan fingerprint density at radius 2 is 2.35 bits per heavy atom. The third kappa shape index (κ3) is 3.05.